The van der Waals surface area contributed by atoms with E-state index in [0.29, 0.717) is 5.69 Å². The van der Waals surface area contributed by atoms with Crippen molar-refractivity contribution in [2.24, 2.45) is 0 Å². The Bertz CT molecular complexity index is 906. The number of nitrogens with zero attached hydrogens (tertiary/aromatic N) is 1. The van der Waals surface area contributed by atoms with Crippen molar-refractivity contribution in [1.29, 1.82) is 0 Å². The highest BCUT2D eigenvalue weighted by Gasteiger charge is 2.23. The molecule has 0 unspecified atom stereocenters. The average Bonchev–Trinajstić information content (AvgIpc) is 2.58. The number of anilines is 1. The van der Waals surface area contributed by atoms with E-state index >= 15 is 0 Å². The first-order valence-corrected chi connectivity index (χ1v) is 10.9. The standard InChI is InChI=1S/C21H28N2O3S/c1-6-19(18-10-7-15(2)8-11-18)22-21(24)14-23(27(5,25)26)20-12-9-16(3)13-17(20)4/h7-13,19H,6,14H2,1-5H3,(H,22,24)/t19-/m1/s1. The van der Waals surface area contributed by atoms with Crippen LogP contribution in [0.15, 0.2) is 42.5 Å². The van der Waals surface area contributed by atoms with Crippen LogP contribution in [0.2, 0.25) is 0 Å². The summed E-state index contributed by atoms with van der Waals surface area (Å²) in [6, 6.07) is 13.3. The lowest BCUT2D eigenvalue weighted by Gasteiger charge is -2.25. The number of aryl methyl sites for hydroxylation is 3. The lowest BCUT2D eigenvalue weighted by atomic mass is 10.0. The van der Waals surface area contributed by atoms with E-state index < -0.39 is 10.0 Å². The van der Waals surface area contributed by atoms with Gasteiger partial charge in [0.15, 0.2) is 0 Å². The van der Waals surface area contributed by atoms with Crippen LogP contribution in [0.25, 0.3) is 0 Å². The molecule has 0 saturated carbocycles. The molecule has 0 aliphatic carbocycles. The van der Waals surface area contributed by atoms with E-state index in [-0.39, 0.29) is 18.5 Å². The third kappa shape index (κ3) is 5.57. The van der Waals surface area contributed by atoms with Gasteiger partial charge in [0.25, 0.3) is 0 Å². The van der Waals surface area contributed by atoms with E-state index in [2.05, 4.69) is 5.32 Å². The van der Waals surface area contributed by atoms with Crippen LogP contribution in [-0.2, 0) is 14.8 Å². The number of sulfonamides is 1. The van der Waals surface area contributed by atoms with E-state index in [1.165, 1.54) is 4.31 Å². The molecule has 0 bridgehead atoms. The molecule has 2 aromatic carbocycles. The maximum Gasteiger partial charge on any atom is 0.241 e. The summed E-state index contributed by atoms with van der Waals surface area (Å²) >= 11 is 0. The Hall–Kier alpha value is -2.34. The number of amides is 1. The monoisotopic (exact) mass is 388 g/mol. The van der Waals surface area contributed by atoms with Gasteiger partial charge in [-0.05, 0) is 44.4 Å². The quantitative estimate of drug-likeness (QED) is 0.787. The molecule has 0 spiro atoms. The largest absolute Gasteiger partial charge is 0.348 e. The van der Waals surface area contributed by atoms with Crippen LogP contribution in [0.1, 0.15) is 41.6 Å². The van der Waals surface area contributed by atoms with Gasteiger partial charge in [-0.15, -0.1) is 0 Å². The van der Waals surface area contributed by atoms with Gasteiger partial charge >= 0.3 is 0 Å². The van der Waals surface area contributed by atoms with Crippen LogP contribution in [0.5, 0.6) is 0 Å². The molecule has 0 aromatic heterocycles. The van der Waals surface area contributed by atoms with Gasteiger partial charge in [0.05, 0.1) is 18.0 Å². The zero-order valence-corrected chi connectivity index (χ0v) is 17.4. The highest BCUT2D eigenvalue weighted by atomic mass is 32.2. The van der Waals surface area contributed by atoms with Crippen LogP contribution >= 0.6 is 0 Å². The van der Waals surface area contributed by atoms with Crippen molar-refractivity contribution in [3.63, 3.8) is 0 Å². The number of carbonyl (C=O) groups is 1. The lowest BCUT2D eigenvalue weighted by Crippen LogP contribution is -2.41. The Labute approximate surface area is 162 Å². The molecule has 2 aromatic rings. The molecule has 0 fully saturated rings. The fraction of sp³-hybridized carbons (Fsp3) is 0.381. The van der Waals surface area contributed by atoms with E-state index in [9.17, 15) is 13.2 Å². The third-order valence-corrected chi connectivity index (χ3v) is 5.66. The molecular formula is C21H28N2O3S. The Morgan fingerprint density at radius 3 is 2.15 bits per heavy atom. The Morgan fingerprint density at radius 1 is 1.04 bits per heavy atom. The molecule has 0 heterocycles. The summed E-state index contributed by atoms with van der Waals surface area (Å²) in [5.74, 6) is -0.326. The second-order valence-electron chi connectivity index (χ2n) is 7.00. The Morgan fingerprint density at radius 2 is 1.63 bits per heavy atom. The predicted octanol–water partition coefficient (Wildman–Crippen LogP) is 3.65. The average molecular weight is 389 g/mol. The van der Waals surface area contributed by atoms with Crippen LogP contribution < -0.4 is 9.62 Å². The fourth-order valence-electron chi connectivity index (χ4n) is 3.06. The summed E-state index contributed by atoms with van der Waals surface area (Å²) < 4.78 is 25.8. The maximum atomic E-state index is 12.6. The Balaban J connectivity index is 2.22. The van der Waals surface area contributed by atoms with Gasteiger partial charge in [-0.1, -0.05) is 54.4 Å². The minimum absolute atomic E-state index is 0.154. The number of rotatable bonds is 7. The highest BCUT2D eigenvalue weighted by Crippen LogP contribution is 2.24. The summed E-state index contributed by atoms with van der Waals surface area (Å²) in [7, 11) is -3.59. The van der Waals surface area contributed by atoms with Gasteiger partial charge in [-0.2, -0.15) is 0 Å². The van der Waals surface area contributed by atoms with Crippen molar-refractivity contribution in [2.75, 3.05) is 17.1 Å². The summed E-state index contributed by atoms with van der Waals surface area (Å²) in [5.41, 5.74) is 4.55. The first-order valence-electron chi connectivity index (χ1n) is 9.02. The van der Waals surface area contributed by atoms with E-state index in [4.69, 9.17) is 0 Å². The van der Waals surface area contributed by atoms with Crippen molar-refractivity contribution >= 4 is 21.6 Å². The van der Waals surface area contributed by atoms with Crippen LogP contribution in [0.4, 0.5) is 5.69 Å². The second-order valence-corrected chi connectivity index (χ2v) is 8.91. The van der Waals surface area contributed by atoms with E-state index in [1.807, 2.05) is 64.1 Å². The number of hydrogen-bond acceptors (Lipinski definition) is 3. The number of hydrogen-bond donors (Lipinski definition) is 1. The maximum absolute atomic E-state index is 12.6. The molecule has 27 heavy (non-hydrogen) atoms. The number of nitrogens with one attached hydrogen (secondary N) is 1. The molecule has 146 valence electrons. The minimum Gasteiger partial charge on any atom is -0.348 e. The SMILES string of the molecule is CC[C@@H](NC(=O)CN(c1ccc(C)cc1C)S(C)(=O)=O)c1ccc(C)cc1. The van der Waals surface area contributed by atoms with Crippen LogP contribution in [0, 0.1) is 20.8 Å². The van der Waals surface area contributed by atoms with Crippen molar-refractivity contribution in [1.82, 2.24) is 5.32 Å². The molecule has 1 atom stereocenters. The zero-order chi connectivity index (χ0) is 20.2. The molecular weight excluding hydrogens is 360 g/mol. The van der Waals surface area contributed by atoms with Gasteiger partial charge in [-0.25, -0.2) is 8.42 Å². The molecule has 1 amide bonds. The number of benzene rings is 2. The third-order valence-electron chi connectivity index (χ3n) is 4.53. The van der Waals surface area contributed by atoms with Crippen LogP contribution in [0.3, 0.4) is 0 Å². The van der Waals surface area contributed by atoms with E-state index in [1.54, 1.807) is 6.07 Å². The molecule has 5 nitrogen and oxygen atoms in total. The molecule has 0 radical (unpaired) electrons. The second kappa shape index (κ2) is 8.57. The molecule has 2 rings (SSSR count). The van der Waals surface area contributed by atoms with Crippen molar-refractivity contribution < 1.29 is 13.2 Å². The molecule has 0 aliphatic rings. The van der Waals surface area contributed by atoms with Gasteiger partial charge < -0.3 is 5.32 Å². The summed E-state index contributed by atoms with van der Waals surface area (Å²) in [4.78, 5) is 12.6. The summed E-state index contributed by atoms with van der Waals surface area (Å²) in [6.07, 6.45) is 1.84. The number of carbonyl (C=O) groups excluding carboxylic acids is 1. The fourth-order valence-corrected chi connectivity index (χ4v) is 3.97. The van der Waals surface area contributed by atoms with Gasteiger partial charge in [0, 0.05) is 0 Å². The van der Waals surface area contributed by atoms with Crippen LogP contribution in [-0.4, -0.2) is 27.1 Å². The topological polar surface area (TPSA) is 66.5 Å². The molecule has 0 aliphatic heterocycles. The Kier molecular flexibility index (Phi) is 6.65. The minimum atomic E-state index is -3.59. The normalized spacial score (nSPS) is 12.5. The van der Waals surface area contributed by atoms with Gasteiger partial charge in [0.1, 0.15) is 6.54 Å². The molecule has 6 heteroatoms. The van der Waals surface area contributed by atoms with Gasteiger partial charge in [0.2, 0.25) is 15.9 Å². The first kappa shape index (κ1) is 21.0. The van der Waals surface area contributed by atoms with Gasteiger partial charge in [-0.3, -0.25) is 9.10 Å². The lowest BCUT2D eigenvalue weighted by molar-refractivity contribution is -0.120. The smallest absolute Gasteiger partial charge is 0.241 e. The zero-order valence-electron chi connectivity index (χ0n) is 16.6. The van der Waals surface area contributed by atoms with Crippen molar-refractivity contribution in [2.45, 2.75) is 40.2 Å². The van der Waals surface area contributed by atoms with Crippen molar-refractivity contribution in [3.05, 3.63) is 64.7 Å². The molecule has 1 N–H and O–H groups in total. The summed E-state index contributed by atoms with van der Waals surface area (Å²) in [6.45, 7) is 7.55. The summed E-state index contributed by atoms with van der Waals surface area (Å²) in [5, 5.41) is 2.96. The first-order chi connectivity index (χ1) is 12.6. The van der Waals surface area contributed by atoms with E-state index in [0.717, 1.165) is 34.9 Å². The predicted molar refractivity (Wildman–Crippen MR) is 110 cm³/mol. The van der Waals surface area contributed by atoms with Crippen molar-refractivity contribution in [3.8, 4) is 0 Å². The highest BCUT2D eigenvalue weighted by molar-refractivity contribution is 7.92. The molecule has 0 saturated heterocycles.